The first-order valence-corrected chi connectivity index (χ1v) is 7.52. The second-order valence-electron chi connectivity index (χ2n) is 3.77. The zero-order valence-corrected chi connectivity index (χ0v) is 12.9. The van der Waals surface area contributed by atoms with Gasteiger partial charge in [-0.1, -0.05) is 0 Å². The van der Waals surface area contributed by atoms with Crippen LogP contribution in [0.2, 0.25) is 0 Å². The van der Waals surface area contributed by atoms with Gasteiger partial charge >= 0.3 is 5.97 Å². The van der Waals surface area contributed by atoms with Gasteiger partial charge in [-0.2, -0.15) is 4.31 Å². The Morgan fingerprint density at radius 2 is 2.11 bits per heavy atom. The van der Waals surface area contributed by atoms with E-state index in [0.717, 1.165) is 10.4 Å². The van der Waals surface area contributed by atoms with Gasteiger partial charge < -0.3 is 9.84 Å². The van der Waals surface area contributed by atoms with E-state index in [1.165, 1.54) is 26.3 Å². The van der Waals surface area contributed by atoms with E-state index in [2.05, 4.69) is 15.9 Å². The highest BCUT2D eigenvalue weighted by molar-refractivity contribution is 9.10. The number of hydrogen-bond donors (Lipinski definition) is 1. The molecule has 1 aromatic carbocycles. The molecular formula is C11H14BrNO5S. The van der Waals surface area contributed by atoms with E-state index < -0.39 is 16.0 Å². The molecule has 0 aliphatic heterocycles. The highest BCUT2D eigenvalue weighted by Gasteiger charge is 2.22. The number of benzene rings is 1. The quantitative estimate of drug-likeness (QED) is 0.837. The van der Waals surface area contributed by atoms with Crippen molar-refractivity contribution in [3.8, 4) is 0 Å². The van der Waals surface area contributed by atoms with Crippen molar-refractivity contribution in [3.05, 3.63) is 28.2 Å². The first kappa shape index (κ1) is 16.1. The van der Waals surface area contributed by atoms with Crippen LogP contribution >= 0.6 is 15.9 Å². The van der Waals surface area contributed by atoms with Crippen LogP contribution in [0, 0.1) is 0 Å². The Morgan fingerprint density at radius 3 is 2.63 bits per heavy atom. The maximum atomic E-state index is 12.2. The molecule has 0 aliphatic carbocycles. The Bertz CT molecular complexity index is 572. The molecule has 0 aromatic heterocycles. The van der Waals surface area contributed by atoms with Gasteiger partial charge in [0, 0.05) is 25.2 Å². The number of methoxy groups -OCH3 is 1. The van der Waals surface area contributed by atoms with E-state index in [-0.39, 0.29) is 23.6 Å². The number of halogens is 1. The molecule has 1 rings (SSSR count). The molecule has 8 heteroatoms. The predicted molar refractivity (Wildman–Crippen MR) is 72.8 cm³/mol. The molecule has 0 atom stereocenters. The van der Waals surface area contributed by atoms with Crippen LogP contribution in [0.5, 0.6) is 0 Å². The van der Waals surface area contributed by atoms with Crippen LogP contribution in [-0.2, 0) is 14.8 Å². The number of nitrogens with zero attached hydrogens (tertiary/aromatic N) is 1. The summed E-state index contributed by atoms with van der Waals surface area (Å²) in [7, 11) is -0.826. The van der Waals surface area contributed by atoms with Crippen molar-refractivity contribution in [1.82, 2.24) is 4.31 Å². The first-order valence-electron chi connectivity index (χ1n) is 5.29. The van der Waals surface area contributed by atoms with Crippen molar-refractivity contribution in [3.63, 3.8) is 0 Å². The third-order valence-corrected chi connectivity index (χ3v) is 5.03. The molecule has 0 heterocycles. The molecule has 0 radical (unpaired) electrons. The number of carboxylic acid groups (broad SMARTS) is 1. The second kappa shape index (κ2) is 6.47. The molecule has 0 saturated carbocycles. The number of aromatic carboxylic acids is 1. The van der Waals surface area contributed by atoms with Gasteiger partial charge in [-0.05, 0) is 34.1 Å². The summed E-state index contributed by atoms with van der Waals surface area (Å²) in [5.41, 5.74) is -0.0961. The Labute approximate surface area is 120 Å². The van der Waals surface area contributed by atoms with E-state index in [4.69, 9.17) is 9.84 Å². The summed E-state index contributed by atoms with van der Waals surface area (Å²) in [6.45, 7) is 0.454. The minimum Gasteiger partial charge on any atom is -0.478 e. The third-order valence-electron chi connectivity index (χ3n) is 2.49. The molecule has 0 saturated heterocycles. The molecule has 0 spiro atoms. The fourth-order valence-corrected chi connectivity index (χ4v) is 2.95. The third kappa shape index (κ3) is 3.75. The van der Waals surface area contributed by atoms with Crippen LogP contribution in [0.1, 0.15) is 10.4 Å². The highest BCUT2D eigenvalue weighted by Crippen LogP contribution is 2.22. The summed E-state index contributed by atoms with van der Waals surface area (Å²) in [4.78, 5) is 10.9. The number of carbonyl (C=O) groups is 1. The van der Waals surface area contributed by atoms with Crippen LogP contribution in [0.25, 0.3) is 0 Å². The van der Waals surface area contributed by atoms with Crippen molar-refractivity contribution >= 4 is 31.9 Å². The van der Waals surface area contributed by atoms with Crippen LogP contribution in [0.15, 0.2) is 27.6 Å². The molecule has 0 fully saturated rings. The summed E-state index contributed by atoms with van der Waals surface area (Å²) >= 11 is 3.07. The van der Waals surface area contributed by atoms with Gasteiger partial charge in [-0.3, -0.25) is 0 Å². The molecular weight excluding hydrogens is 338 g/mol. The fourth-order valence-electron chi connectivity index (χ4n) is 1.35. The normalized spacial score (nSPS) is 11.8. The van der Waals surface area contributed by atoms with Crippen LogP contribution in [0.4, 0.5) is 0 Å². The van der Waals surface area contributed by atoms with E-state index in [9.17, 15) is 13.2 Å². The summed E-state index contributed by atoms with van der Waals surface area (Å²) in [5.74, 6) is -1.19. The van der Waals surface area contributed by atoms with Gasteiger partial charge in [-0.15, -0.1) is 0 Å². The predicted octanol–water partition coefficient (Wildman–Crippen LogP) is 1.41. The molecule has 0 bridgehead atoms. The average molecular weight is 352 g/mol. The lowest BCUT2D eigenvalue weighted by Gasteiger charge is -2.17. The molecule has 106 valence electrons. The minimum absolute atomic E-state index is 0.0632. The number of likely N-dealkylation sites (N-methyl/N-ethyl adjacent to an activating group) is 1. The molecule has 0 amide bonds. The molecule has 0 aliphatic rings. The van der Waals surface area contributed by atoms with E-state index in [1.54, 1.807) is 0 Å². The van der Waals surface area contributed by atoms with Crippen molar-refractivity contribution < 1.29 is 23.1 Å². The van der Waals surface area contributed by atoms with E-state index in [0.29, 0.717) is 4.47 Å². The number of rotatable bonds is 6. The largest absolute Gasteiger partial charge is 0.478 e. The topological polar surface area (TPSA) is 83.9 Å². The molecule has 0 unspecified atom stereocenters. The van der Waals surface area contributed by atoms with Crippen molar-refractivity contribution in [2.24, 2.45) is 0 Å². The standard InChI is InChI=1S/C11H14BrNO5S/c1-13(5-6-18-2)19(16,17)8-3-4-10(12)9(7-8)11(14)15/h3-4,7H,5-6H2,1-2H3,(H,14,15). The zero-order chi connectivity index (χ0) is 14.6. The van der Waals surface area contributed by atoms with Crippen molar-refractivity contribution in [1.29, 1.82) is 0 Å². The van der Waals surface area contributed by atoms with Crippen LogP contribution in [-0.4, -0.2) is 51.1 Å². The monoisotopic (exact) mass is 351 g/mol. The molecule has 6 nitrogen and oxygen atoms in total. The number of sulfonamides is 1. The SMILES string of the molecule is COCCN(C)S(=O)(=O)c1ccc(Br)c(C(=O)O)c1. The fraction of sp³-hybridized carbons (Fsp3) is 0.364. The van der Waals surface area contributed by atoms with Gasteiger partial charge in [0.1, 0.15) is 0 Å². The Hall–Kier alpha value is -0.960. The van der Waals surface area contributed by atoms with Gasteiger partial charge in [0.15, 0.2) is 0 Å². The summed E-state index contributed by atoms with van der Waals surface area (Å²) in [6, 6.07) is 3.89. The van der Waals surface area contributed by atoms with E-state index >= 15 is 0 Å². The van der Waals surface area contributed by atoms with Crippen molar-refractivity contribution in [2.45, 2.75) is 4.90 Å². The lowest BCUT2D eigenvalue weighted by atomic mass is 10.2. The second-order valence-corrected chi connectivity index (χ2v) is 6.67. The average Bonchev–Trinajstić information content (AvgIpc) is 2.35. The molecule has 1 N–H and O–H groups in total. The maximum Gasteiger partial charge on any atom is 0.336 e. The minimum atomic E-state index is -3.71. The van der Waals surface area contributed by atoms with Crippen molar-refractivity contribution in [2.75, 3.05) is 27.3 Å². The molecule has 19 heavy (non-hydrogen) atoms. The van der Waals surface area contributed by atoms with Gasteiger partial charge in [0.2, 0.25) is 10.0 Å². The smallest absolute Gasteiger partial charge is 0.336 e. The Kier molecular flexibility index (Phi) is 5.48. The summed E-state index contributed by atoms with van der Waals surface area (Å²) < 4.78 is 30.6. The lowest BCUT2D eigenvalue weighted by molar-refractivity contribution is 0.0695. The van der Waals surface area contributed by atoms with Crippen LogP contribution < -0.4 is 0 Å². The zero-order valence-electron chi connectivity index (χ0n) is 10.5. The van der Waals surface area contributed by atoms with Crippen LogP contribution in [0.3, 0.4) is 0 Å². The highest BCUT2D eigenvalue weighted by atomic mass is 79.9. The first-order chi connectivity index (χ1) is 8.80. The van der Waals surface area contributed by atoms with E-state index in [1.807, 2.05) is 0 Å². The van der Waals surface area contributed by atoms with Gasteiger partial charge in [0.05, 0.1) is 17.1 Å². The maximum absolute atomic E-state index is 12.2. The molecule has 1 aromatic rings. The van der Waals surface area contributed by atoms with Gasteiger partial charge in [-0.25, -0.2) is 13.2 Å². The Balaban J connectivity index is 3.15. The van der Waals surface area contributed by atoms with Gasteiger partial charge in [0.25, 0.3) is 0 Å². The Morgan fingerprint density at radius 1 is 1.47 bits per heavy atom. The number of carboxylic acids is 1. The number of ether oxygens (including phenoxy) is 1. The summed E-state index contributed by atoms with van der Waals surface area (Å²) in [5, 5.41) is 8.98. The lowest BCUT2D eigenvalue weighted by Crippen LogP contribution is -2.30. The number of hydrogen-bond acceptors (Lipinski definition) is 4. The summed E-state index contributed by atoms with van der Waals surface area (Å²) in [6.07, 6.45) is 0.